The monoisotopic (exact) mass is 425 g/mol. The SMILES string of the molecule is CCOc1cccc([C@H]2c3c(oc4ccccc4c3=O)C(=O)N2CCc2ccccc2)c1. The molecule has 0 N–H and O–H groups in total. The molecule has 1 aliphatic rings. The highest BCUT2D eigenvalue weighted by molar-refractivity contribution is 5.99. The van der Waals surface area contributed by atoms with Crippen molar-refractivity contribution in [2.45, 2.75) is 19.4 Å². The lowest BCUT2D eigenvalue weighted by molar-refractivity contribution is 0.0730. The van der Waals surface area contributed by atoms with Gasteiger partial charge in [0.05, 0.1) is 23.6 Å². The first kappa shape index (κ1) is 20.1. The minimum atomic E-state index is -0.525. The van der Waals surface area contributed by atoms with Crippen LogP contribution < -0.4 is 10.2 Å². The highest BCUT2D eigenvalue weighted by Gasteiger charge is 2.42. The third kappa shape index (κ3) is 3.46. The molecule has 2 heterocycles. The first-order valence-corrected chi connectivity index (χ1v) is 10.8. The summed E-state index contributed by atoms with van der Waals surface area (Å²) in [5.41, 5.74) is 2.62. The lowest BCUT2D eigenvalue weighted by Gasteiger charge is -2.25. The van der Waals surface area contributed by atoms with Crippen LogP contribution in [0.1, 0.15) is 40.2 Å². The van der Waals surface area contributed by atoms with Crippen LogP contribution in [0.15, 0.2) is 88.1 Å². The molecule has 0 saturated heterocycles. The lowest BCUT2D eigenvalue weighted by Crippen LogP contribution is -2.31. The molecule has 5 rings (SSSR count). The van der Waals surface area contributed by atoms with Crippen LogP contribution in [0.4, 0.5) is 0 Å². The summed E-state index contributed by atoms with van der Waals surface area (Å²) in [6, 6.07) is 24.2. The zero-order chi connectivity index (χ0) is 22.1. The number of amides is 1. The van der Waals surface area contributed by atoms with E-state index in [4.69, 9.17) is 9.15 Å². The normalized spacial score (nSPS) is 15.2. The Morgan fingerprint density at radius 3 is 2.53 bits per heavy atom. The first-order chi connectivity index (χ1) is 15.7. The number of benzene rings is 3. The number of carbonyl (C=O) groups excluding carboxylic acids is 1. The van der Waals surface area contributed by atoms with Crippen molar-refractivity contribution < 1.29 is 13.9 Å². The smallest absolute Gasteiger partial charge is 0.290 e. The third-order valence-electron chi connectivity index (χ3n) is 5.84. The average Bonchev–Trinajstić information content (AvgIpc) is 3.11. The van der Waals surface area contributed by atoms with Gasteiger partial charge in [-0.25, -0.2) is 0 Å². The Bertz CT molecular complexity index is 1340. The second-order valence-corrected chi connectivity index (χ2v) is 7.81. The van der Waals surface area contributed by atoms with Crippen LogP contribution in [0.3, 0.4) is 0 Å². The number of fused-ring (bicyclic) bond motifs is 2. The van der Waals surface area contributed by atoms with Gasteiger partial charge in [-0.3, -0.25) is 9.59 Å². The molecule has 1 atom stereocenters. The molecule has 3 aromatic carbocycles. The zero-order valence-corrected chi connectivity index (χ0v) is 17.8. The molecule has 0 bridgehead atoms. The van der Waals surface area contributed by atoms with E-state index in [1.807, 2.05) is 61.5 Å². The van der Waals surface area contributed by atoms with Gasteiger partial charge < -0.3 is 14.1 Å². The van der Waals surface area contributed by atoms with Gasteiger partial charge in [0.1, 0.15) is 11.3 Å². The van der Waals surface area contributed by atoms with Gasteiger partial charge in [-0.1, -0.05) is 54.6 Å². The zero-order valence-electron chi connectivity index (χ0n) is 17.8. The van der Waals surface area contributed by atoms with E-state index in [1.54, 1.807) is 29.2 Å². The first-order valence-electron chi connectivity index (χ1n) is 10.8. The summed E-state index contributed by atoms with van der Waals surface area (Å²) in [6.45, 7) is 2.93. The summed E-state index contributed by atoms with van der Waals surface area (Å²) in [4.78, 5) is 28.7. The maximum atomic E-state index is 13.5. The van der Waals surface area contributed by atoms with Gasteiger partial charge in [-0.05, 0) is 48.7 Å². The van der Waals surface area contributed by atoms with E-state index >= 15 is 0 Å². The van der Waals surface area contributed by atoms with Crippen molar-refractivity contribution in [2.24, 2.45) is 0 Å². The summed E-state index contributed by atoms with van der Waals surface area (Å²) in [6.07, 6.45) is 0.677. The Kier molecular flexibility index (Phi) is 5.23. The number of ether oxygens (including phenoxy) is 1. The Morgan fingerprint density at radius 1 is 0.938 bits per heavy atom. The van der Waals surface area contributed by atoms with Crippen LogP contribution in [0.25, 0.3) is 11.0 Å². The molecular weight excluding hydrogens is 402 g/mol. The van der Waals surface area contributed by atoms with Crippen LogP contribution in [0.2, 0.25) is 0 Å². The van der Waals surface area contributed by atoms with Crippen molar-refractivity contribution >= 4 is 16.9 Å². The molecule has 4 aromatic rings. The molecule has 0 spiro atoms. The topological polar surface area (TPSA) is 59.8 Å². The Labute approximate surface area is 185 Å². The van der Waals surface area contributed by atoms with Crippen LogP contribution in [-0.4, -0.2) is 24.0 Å². The van der Waals surface area contributed by atoms with Gasteiger partial charge in [0.25, 0.3) is 5.91 Å². The largest absolute Gasteiger partial charge is 0.494 e. The molecule has 0 fully saturated rings. The number of para-hydroxylation sites is 1. The fourth-order valence-corrected chi connectivity index (χ4v) is 4.38. The van der Waals surface area contributed by atoms with E-state index in [1.165, 1.54) is 0 Å². The van der Waals surface area contributed by atoms with Gasteiger partial charge in [0.2, 0.25) is 5.76 Å². The summed E-state index contributed by atoms with van der Waals surface area (Å²) in [7, 11) is 0. The molecular formula is C27H23NO4. The molecule has 0 radical (unpaired) electrons. The fraction of sp³-hybridized carbons (Fsp3) is 0.185. The van der Waals surface area contributed by atoms with Gasteiger partial charge in [-0.2, -0.15) is 0 Å². The van der Waals surface area contributed by atoms with Gasteiger partial charge in [0.15, 0.2) is 5.43 Å². The average molecular weight is 425 g/mol. The molecule has 1 amide bonds. The standard InChI is InChI=1S/C27H23NO4/c1-2-31-20-12-8-11-19(17-20)24-23-25(29)21-13-6-7-14-22(21)32-26(23)27(30)28(24)16-15-18-9-4-3-5-10-18/h3-14,17,24H,2,15-16H2,1H3/t24-/m0/s1. The summed E-state index contributed by atoms with van der Waals surface area (Å²) in [5, 5.41) is 0.481. The van der Waals surface area contributed by atoms with E-state index in [-0.39, 0.29) is 17.1 Å². The summed E-state index contributed by atoms with van der Waals surface area (Å²) in [5.74, 6) is 0.582. The van der Waals surface area contributed by atoms with Crippen molar-refractivity contribution in [2.75, 3.05) is 13.2 Å². The molecule has 32 heavy (non-hydrogen) atoms. The van der Waals surface area contributed by atoms with Gasteiger partial charge in [0, 0.05) is 6.54 Å². The molecule has 0 aliphatic carbocycles. The fourth-order valence-electron chi connectivity index (χ4n) is 4.38. The molecule has 1 aromatic heterocycles. The highest BCUT2D eigenvalue weighted by atomic mass is 16.5. The second-order valence-electron chi connectivity index (χ2n) is 7.81. The van der Waals surface area contributed by atoms with Crippen molar-refractivity contribution in [3.8, 4) is 5.75 Å². The molecule has 0 saturated carbocycles. The molecule has 0 unspecified atom stereocenters. The van der Waals surface area contributed by atoms with Crippen LogP contribution in [-0.2, 0) is 6.42 Å². The Hall–Kier alpha value is -3.86. The van der Waals surface area contributed by atoms with Crippen molar-refractivity contribution in [3.05, 3.63) is 112 Å². The molecule has 1 aliphatic heterocycles. The van der Waals surface area contributed by atoms with Crippen LogP contribution in [0.5, 0.6) is 5.75 Å². The van der Waals surface area contributed by atoms with Gasteiger partial charge >= 0.3 is 0 Å². The van der Waals surface area contributed by atoms with E-state index in [0.717, 1.165) is 11.1 Å². The number of hydrogen-bond donors (Lipinski definition) is 0. The number of rotatable bonds is 6. The number of hydrogen-bond acceptors (Lipinski definition) is 4. The van der Waals surface area contributed by atoms with E-state index in [9.17, 15) is 9.59 Å². The molecule has 5 heteroatoms. The molecule has 5 nitrogen and oxygen atoms in total. The maximum absolute atomic E-state index is 13.5. The van der Waals surface area contributed by atoms with E-state index < -0.39 is 6.04 Å². The quantitative estimate of drug-likeness (QED) is 0.437. The van der Waals surface area contributed by atoms with Crippen LogP contribution in [0, 0.1) is 0 Å². The summed E-state index contributed by atoms with van der Waals surface area (Å²) >= 11 is 0. The number of carbonyl (C=O) groups is 1. The Balaban J connectivity index is 1.64. The van der Waals surface area contributed by atoms with E-state index in [0.29, 0.717) is 41.9 Å². The van der Waals surface area contributed by atoms with E-state index in [2.05, 4.69) is 0 Å². The molecule has 160 valence electrons. The third-order valence-corrected chi connectivity index (χ3v) is 5.84. The summed E-state index contributed by atoms with van der Waals surface area (Å²) < 4.78 is 11.7. The van der Waals surface area contributed by atoms with Crippen molar-refractivity contribution in [1.29, 1.82) is 0 Å². The highest BCUT2D eigenvalue weighted by Crippen LogP contribution is 2.39. The van der Waals surface area contributed by atoms with Crippen molar-refractivity contribution in [1.82, 2.24) is 4.90 Å². The predicted molar refractivity (Wildman–Crippen MR) is 123 cm³/mol. The predicted octanol–water partition coefficient (Wildman–Crippen LogP) is 4.98. The minimum Gasteiger partial charge on any atom is -0.494 e. The van der Waals surface area contributed by atoms with Crippen LogP contribution >= 0.6 is 0 Å². The maximum Gasteiger partial charge on any atom is 0.290 e. The second kappa shape index (κ2) is 8.35. The number of nitrogens with zero attached hydrogens (tertiary/aromatic N) is 1. The van der Waals surface area contributed by atoms with Crippen molar-refractivity contribution in [3.63, 3.8) is 0 Å². The lowest BCUT2D eigenvalue weighted by atomic mass is 9.98. The Morgan fingerprint density at radius 2 is 1.72 bits per heavy atom. The minimum absolute atomic E-state index is 0.133. The van der Waals surface area contributed by atoms with Gasteiger partial charge in [-0.15, -0.1) is 0 Å².